The van der Waals surface area contributed by atoms with Crippen LogP contribution in [0.4, 0.5) is 0 Å². The van der Waals surface area contributed by atoms with Crippen LogP contribution in [0.5, 0.6) is 5.75 Å². The second kappa shape index (κ2) is 7.79. The van der Waals surface area contributed by atoms with Crippen molar-refractivity contribution in [2.24, 2.45) is 0 Å². The van der Waals surface area contributed by atoms with E-state index in [1.165, 1.54) is 0 Å². The Balaban J connectivity index is 2.04. The van der Waals surface area contributed by atoms with Crippen molar-refractivity contribution < 1.29 is 18.8 Å². The number of rotatable bonds is 6. The smallest absolute Gasteiger partial charge is 0.292 e. The summed E-state index contributed by atoms with van der Waals surface area (Å²) in [6, 6.07) is 7.39. The first-order chi connectivity index (χ1) is 11.7. The number of nitrogens with one attached hydrogen (secondary N) is 2. The van der Waals surface area contributed by atoms with E-state index < -0.39 is 0 Å². The van der Waals surface area contributed by atoms with Crippen molar-refractivity contribution in [3.63, 3.8) is 0 Å². The van der Waals surface area contributed by atoms with Crippen LogP contribution in [0.15, 0.2) is 28.7 Å². The van der Waals surface area contributed by atoms with E-state index in [1.807, 2.05) is 52.1 Å². The van der Waals surface area contributed by atoms with Crippen LogP contribution in [-0.2, 0) is 11.5 Å². The molecule has 2 aromatic rings. The first-order valence-electron chi connectivity index (χ1n) is 8.02. The summed E-state index contributed by atoms with van der Waals surface area (Å²) in [6.07, 6.45) is 0. The SMILES string of the molecule is COc1ccc(-c2nn(C[NH+](C)CC(=O)NC(C)(C)C)c(=S)o2)cc1. The van der Waals surface area contributed by atoms with Gasteiger partial charge in [0.2, 0.25) is 5.89 Å². The molecule has 8 heteroatoms. The molecular formula is C17H25N4O3S+. The molecule has 0 fully saturated rings. The lowest BCUT2D eigenvalue weighted by molar-refractivity contribution is -0.895. The van der Waals surface area contributed by atoms with Gasteiger partial charge in [-0.2, -0.15) is 4.68 Å². The van der Waals surface area contributed by atoms with Gasteiger partial charge >= 0.3 is 0 Å². The molecule has 1 aromatic carbocycles. The van der Waals surface area contributed by atoms with Crippen molar-refractivity contribution in [2.75, 3.05) is 20.7 Å². The largest absolute Gasteiger partial charge is 0.497 e. The average Bonchev–Trinajstić information content (AvgIpc) is 2.86. The van der Waals surface area contributed by atoms with Crippen LogP contribution < -0.4 is 15.0 Å². The number of methoxy groups -OCH3 is 1. The normalized spacial score (nSPS) is 12.7. The Morgan fingerprint density at radius 3 is 2.56 bits per heavy atom. The van der Waals surface area contributed by atoms with E-state index in [0.29, 0.717) is 19.1 Å². The molecule has 25 heavy (non-hydrogen) atoms. The van der Waals surface area contributed by atoms with Gasteiger partial charge < -0.3 is 19.4 Å². The molecule has 0 saturated carbocycles. The topological polar surface area (TPSA) is 73.7 Å². The van der Waals surface area contributed by atoms with Crippen molar-refractivity contribution in [3.05, 3.63) is 29.1 Å². The zero-order valence-corrected chi connectivity index (χ0v) is 16.1. The van der Waals surface area contributed by atoms with E-state index in [-0.39, 0.29) is 16.3 Å². The maximum absolute atomic E-state index is 12.0. The maximum atomic E-state index is 12.0. The highest BCUT2D eigenvalue weighted by molar-refractivity contribution is 7.71. The maximum Gasteiger partial charge on any atom is 0.292 e. The fraction of sp³-hybridized carbons (Fsp3) is 0.471. The summed E-state index contributed by atoms with van der Waals surface area (Å²) in [4.78, 5) is 13.2. The van der Waals surface area contributed by atoms with E-state index in [9.17, 15) is 4.79 Å². The molecule has 1 heterocycles. The number of quaternary nitrogens is 1. The number of benzene rings is 1. The predicted octanol–water partition coefficient (Wildman–Crippen LogP) is 1.27. The summed E-state index contributed by atoms with van der Waals surface area (Å²) in [5, 5.41) is 7.35. The molecular weight excluding hydrogens is 340 g/mol. The van der Waals surface area contributed by atoms with Crippen LogP contribution in [0.1, 0.15) is 20.8 Å². The second-order valence-electron chi connectivity index (χ2n) is 6.99. The van der Waals surface area contributed by atoms with Gasteiger partial charge in [0.1, 0.15) is 5.75 Å². The molecule has 136 valence electrons. The molecule has 1 unspecified atom stereocenters. The molecule has 2 rings (SSSR count). The average molecular weight is 365 g/mol. The van der Waals surface area contributed by atoms with E-state index in [2.05, 4.69) is 10.4 Å². The fourth-order valence-corrected chi connectivity index (χ4v) is 2.49. The summed E-state index contributed by atoms with van der Waals surface area (Å²) in [6.45, 7) is 6.62. The Morgan fingerprint density at radius 1 is 1.36 bits per heavy atom. The third-order valence-corrected chi connectivity index (χ3v) is 3.63. The van der Waals surface area contributed by atoms with Gasteiger partial charge in [0.15, 0.2) is 13.2 Å². The summed E-state index contributed by atoms with van der Waals surface area (Å²) in [5.41, 5.74) is 0.567. The molecule has 0 spiro atoms. The molecule has 0 bridgehead atoms. The monoisotopic (exact) mass is 365 g/mol. The summed E-state index contributed by atoms with van der Waals surface area (Å²) in [7, 11) is 3.52. The Morgan fingerprint density at radius 2 is 2.00 bits per heavy atom. The van der Waals surface area contributed by atoms with Crippen molar-refractivity contribution in [2.45, 2.75) is 33.0 Å². The van der Waals surface area contributed by atoms with Gasteiger partial charge in [0.05, 0.1) is 14.2 Å². The van der Waals surface area contributed by atoms with Crippen molar-refractivity contribution in [1.82, 2.24) is 15.1 Å². The van der Waals surface area contributed by atoms with Crippen LogP contribution >= 0.6 is 12.2 Å². The van der Waals surface area contributed by atoms with Crippen molar-refractivity contribution in [3.8, 4) is 17.2 Å². The molecule has 0 radical (unpaired) electrons. The summed E-state index contributed by atoms with van der Waals surface area (Å²) >= 11 is 5.24. The predicted molar refractivity (Wildman–Crippen MR) is 97.0 cm³/mol. The zero-order chi connectivity index (χ0) is 18.6. The van der Waals surface area contributed by atoms with Crippen LogP contribution in [0.25, 0.3) is 11.5 Å². The third kappa shape index (κ3) is 5.68. The molecule has 0 aliphatic heterocycles. The van der Waals surface area contributed by atoms with Crippen LogP contribution in [0, 0.1) is 4.84 Å². The number of hydrogen-bond donors (Lipinski definition) is 2. The van der Waals surface area contributed by atoms with E-state index >= 15 is 0 Å². The number of likely N-dealkylation sites (N-methyl/N-ethyl adjacent to an activating group) is 1. The molecule has 0 saturated heterocycles. The second-order valence-corrected chi connectivity index (χ2v) is 7.34. The fourth-order valence-electron chi connectivity index (χ4n) is 2.30. The lowest BCUT2D eigenvalue weighted by Crippen LogP contribution is -3.09. The zero-order valence-electron chi connectivity index (χ0n) is 15.3. The number of aromatic nitrogens is 2. The highest BCUT2D eigenvalue weighted by atomic mass is 32.1. The molecule has 1 amide bonds. The lowest BCUT2D eigenvalue weighted by Gasteiger charge is -2.21. The Bertz CT molecular complexity index is 774. The minimum atomic E-state index is -0.247. The summed E-state index contributed by atoms with van der Waals surface area (Å²) < 4.78 is 12.3. The molecule has 1 aromatic heterocycles. The summed E-state index contributed by atoms with van der Waals surface area (Å²) in [5.74, 6) is 1.19. The minimum absolute atomic E-state index is 0.0182. The molecule has 1 atom stereocenters. The number of ether oxygens (including phenoxy) is 1. The molecule has 7 nitrogen and oxygen atoms in total. The first-order valence-corrected chi connectivity index (χ1v) is 8.43. The van der Waals surface area contributed by atoms with E-state index in [4.69, 9.17) is 21.4 Å². The Labute approximate surface area is 152 Å². The van der Waals surface area contributed by atoms with Gasteiger partial charge in [0, 0.05) is 11.1 Å². The number of nitrogens with zero attached hydrogens (tertiary/aromatic N) is 2. The number of carbonyl (C=O) groups is 1. The van der Waals surface area contributed by atoms with Gasteiger partial charge in [0.25, 0.3) is 10.7 Å². The number of hydrogen-bond acceptors (Lipinski definition) is 5. The van der Waals surface area contributed by atoms with Crippen LogP contribution in [-0.4, -0.2) is 41.9 Å². The van der Waals surface area contributed by atoms with E-state index in [0.717, 1.165) is 16.2 Å². The molecule has 0 aliphatic rings. The third-order valence-electron chi connectivity index (χ3n) is 3.34. The number of amides is 1. The van der Waals surface area contributed by atoms with Crippen LogP contribution in [0.2, 0.25) is 0 Å². The molecule has 2 N–H and O–H groups in total. The quantitative estimate of drug-likeness (QED) is 0.754. The molecule has 0 aliphatic carbocycles. The Hall–Kier alpha value is -2.19. The van der Waals surface area contributed by atoms with Gasteiger partial charge in [-0.15, -0.1) is 5.10 Å². The highest BCUT2D eigenvalue weighted by Gasteiger charge is 2.18. The van der Waals surface area contributed by atoms with Gasteiger partial charge in [-0.05, 0) is 57.3 Å². The van der Waals surface area contributed by atoms with Crippen molar-refractivity contribution >= 4 is 18.1 Å². The Kier molecular flexibility index (Phi) is 5.97. The number of carbonyl (C=O) groups excluding carboxylic acids is 1. The van der Waals surface area contributed by atoms with Crippen LogP contribution in [0.3, 0.4) is 0 Å². The van der Waals surface area contributed by atoms with Gasteiger partial charge in [-0.3, -0.25) is 4.79 Å². The standard InChI is InChI=1S/C17H24N4O3S/c1-17(2,3)18-14(22)10-20(4)11-21-16(25)24-15(19-21)12-6-8-13(23-5)9-7-12/h6-9H,10-11H2,1-5H3,(H,18,22)/p+1. The van der Waals surface area contributed by atoms with Crippen molar-refractivity contribution in [1.29, 1.82) is 0 Å². The van der Waals surface area contributed by atoms with Gasteiger partial charge in [-0.1, -0.05) is 0 Å². The first kappa shape index (κ1) is 19.1. The van der Waals surface area contributed by atoms with E-state index in [1.54, 1.807) is 11.8 Å². The lowest BCUT2D eigenvalue weighted by atomic mass is 10.1. The highest BCUT2D eigenvalue weighted by Crippen LogP contribution is 2.20. The van der Waals surface area contributed by atoms with Gasteiger partial charge in [-0.25, -0.2) is 0 Å². The minimum Gasteiger partial charge on any atom is -0.497 e.